The van der Waals surface area contributed by atoms with Crippen LogP contribution in [0.5, 0.6) is 0 Å². The van der Waals surface area contributed by atoms with Crippen molar-refractivity contribution in [1.29, 1.82) is 0 Å². The third-order valence-electron chi connectivity index (χ3n) is 13.6. The second-order valence-corrected chi connectivity index (χ2v) is 17.4. The topological polar surface area (TPSA) is 3.24 Å². The van der Waals surface area contributed by atoms with Crippen molar-refractivity contribution >= 4 is 11.4 Å². The monoisotopic (exact) mass is 703 g/mol. The molecule has 0 bridgehead atoms. The summed E-state index contributed by atoms with van der Waals surface area (Å²) in [6, 6.07) is 43.9. The van der Waals surface area contributed by atoms with Crippen LogP contribution in [0, 0.1) is 25.7 Å². The van der Waals surface area contributed by atoms with Crippen LogP contribution >= 0.6 is 0 Å². The highest BCUT2D eigenvalue weighted by Crippen LogP contribution is 2.63. The molecule has 1 heteroatoms. The van der Waals surface area contributed by atoms with Crippen molar-refractivity contribution in [3.8, 4) is 0 Å². The summed E-state index contributed by atoms with van der Waals surface area (Å²) < 4.78 is 0. The Labute approximate surface area is 323 Å². The molecule has 0 fully saturated rings. The van der Waals surface area contributed by atoms with E-state index in [1.165, 1.54) is 44.9 Å². The Bertz CT molecular complexity index is 2260. The van der Waals surface area contributed by atoms with Gasteiger partial charge in [-0.05, 0) is 130 Å². The molecule has 54 heavy (non-hydrogen) atoms. The molecule has 4 aliphatic rings. The van der Waals surface area contributed by atoms with E-state index in [1.54, 1.807) is 22.3 Å². The van der Waals surface area contributed by atoms with E-state index in [2.05, 4.69) is 204 Å². The highest BCUT2D eigenvalue weighted by Gasteiger charge is 2.53. The summed E-state index contributed by atoms with van der Waals surface area (Å²) in [5, 5.41) is 0. The SMILES string of the molecule is Cc1c2c(c(C)c3c1C(C)(C)C1C=C(CC(Cc4ccccc4)c4ccccc4)C=CC31)C(C)(C)C1C=C(N(c3ccccc3)c3ccccc3)C=CC21. The van der Waals surface area contributed by atoms with E-state index in [9.17, 15) is 0 Å². The van der Waals surface area contributed by atoms with Crippen molar-refractivity contribution in [2.75, 3.05) is 4.90 Å². The van der Waals surface area contributed by atoms with Crippen LogP contribution in [0.15, 0.2) is 169 Å². The average Bonchev–Trinajstić information content (AvgIpc) is 3.58. The Morgan fingerprint density at radius 3 is 1.54 bits per heavy atom. The van der Waals surface area contributed by atoms with Crippen molar-refractivity contribution in [1.82, 2.24) is 0 Å². The summed E-state index contributed by atoms with van der Waals surface area (Å²) in [4.78, 5) is 2.43. The normalized spacial score (nSPS) is 23.1. The molecule has 5 aromatic rings. The van der Waals surface area contributed by atoms with Crippen LogP contribution in [0.4, 0.5) is 11.4 Å². The first kappa shape index (κ1) is 34.6. The molecule has 0 amide bonds. The van der Waals surface area contributed by atoms with Gasteiger partial charge in [0.2, 0.25) is 0 Å². The van der Waals surface area contributed by atoms with Gasteiger partial charge >= 0.3 is 0 Å². The standard InChI is InChI=1S/C53H53N/c1-35-48-44-29-27-38(32-40(39-21-13-8-14-22-39)31-37-19-11-7-12-20-37)33-46(44)52(3,4)50(48)36(2)49-45-30-28-43(34-47(45)53(5,6)51(35)49)54(41-23-15-9-16-24-41)42-25-17-10-18-26-42/h7-30,33-34,40,44-47H,31-32H2,1-6H3. The van der Waals surface area contributed by atoms with Crippen molar-refractivity contribution < 1.29 is 0 Å². The van der Waals surface area contributed by atoms with Crippen LogP contribution in [0.2, 0.25) is 0 Å². The maximum absolute atomic E-state index is 2.68. The summed E-state index contributed by atoms with van der Waals surface area (Å²) in [5.74, 6) is 2.01. The van der Waals surface area contributed by atoms with E-state index < -0.39 is 0 Å². The van der Waals surface area contributed by atoms with Gasteiger partial charge in [0, 0.05) is 28.9 Å². The number of fused-ring (bicyclic) bond motifs is 6. The number of rotatable bonds is 8. The molecule has 0 aromatic heterocycles. The smallest absolute Gasteiger partial charge is 0.0461 e. The first-order chi connectivity index (χ1) is 26.1. The number of anilines is 2. The molecule has 270 valence electrons. The highest BCUT2D eigenvalue weighted by atomic mass is 15.1. The number of hydrogen-bond donors (Lipinski definition) is 0. The fraction of sp³-hybridized carbons (Fsp3) is 0.283. The quantitative estimate of drug-likeness (QED) is 0.155. The molecule has 0 spiro atoms. The molecule has 5 atom stereocenters. The summed E-state index contributed by atoms with van der Waals surface area (Å²) in [5.41, 5.74) is 17.4. The van der Waals surface area contributed by atoms with E-state index in [0.29, 0.717) is 29.6 Å². The molecule has 1 nitrogen and oxygen atoms in total. The van der Waals surface area contributed by atoms with Crippen LogP contribution in [-0.2, 0) is 17.3 Å². The predicted octanol–water partition coefficient (Wildman–Crippen LogP) is 13.5. The molecular weight excluding hydrogens is 651 g/mol. The lowest BCUT2D eigenvalue weighted by Gasteiger charge is -2.35. The van der Waals surface area contributed by atoms with Gasteiger partial charge in [-0.15, -0.1) is 0 Å². The van der Waals surface area contributed by atoms with E-state index in [-0.39, 0.29) is 10.8 Å². The van der Waals surface area contributed by atoms with Crippen LogP contribution in [-0.4, -0.2) is 0 Å². The van der Waals surface area contributed by atoms with Gasteiger partial charge in [0.1, 0.15) is 0 Å². The van der Waals surface area contributed by atoms with Gasteiger partial charge < -0.3 is 4.90 Å². The number of allylic oxidation sites excluding steroid dienone is 7. The molecule has 5 unspecified atom stereocenters. The maximum Gasteiger partial charge on any atom is 0.0461 e. The largest absolute Gasteiger partial charge is 0.311 e. The van der Waals surface area contributed by atoms with Gasteiger partial charge in [-0.1, -0.05) is 161 Å². The second kappa shape index (κ2) is 13.3. The van der Waals surface area contributed by atoms with Crippen LogP contribution in [0.3, 0.4) is 0 Å². The summed E-state index contributed by atoms with van der Waals surface area (Å²) in [7, 11) is 0. The van der Waals surface area contributed by atoms with Crippen molar-refractivity contribution in [2.45, 2.75) is 83.0 Å². The van der Waals surface area contributed by atoms with E-state index >= 15 is 0 Å². The Balaban J connectivity index is 1.08. The molecule has 0 aliphatic heterocycles. The molecule has 0 heterocycles. The van der Waals surface area contributed by atoms with E-state index in [4.69, 9.17) is 0 Å². The minimum atomic E-state index is -0.0130. The Morgan fingerprint density at radius 1 is 0.537 bits per heavy atom. The zero-order valence-corrected chi connectivity index (χ0v) is 32.8. The van der Waals surface area contributed by atoms with Crippen LogP contribution in [0.25, 0.3) is 0 Å². The Morgan fingerprint density at radius 2 is 1.00 bits per heavy atom. The third kappa shape index (κ3) is 5.58. The minimum absolute atomic E-state index is 0.0130. The first-order valence-electron chi connectivity index (χ1n) is 20.1. The lowest BCUT2D eigenvalue weighted by atomic mass is 9.71. The van der Waals surface area contributed by atoms with Crippen molar-refractivity contribution in [2.24, 2.45) is 11.8 Å². The van der Waals surface area contributed by atoms with Gasteiger partial charge in [0.15, 0.2) is 0 Å². The lowest BCUT2D eigenvalue weighted by Crippen LogP contribution is -2.28. The average molecular weight is 704 g/mol. The predicted molar refractivity (Wildman–Crippen MR) is 228 cm³/mol. The molecule has 0 saturated carbocycles. The third-order valence-corrected chi connectivity index (χ3v) is 13.6. The molecule has 0 N–H and O–H groups in total. The minimum Gasteiger partial charge on any atom is -0.311 e. The zero-order chi connectivity index (χ0) is 37.2. The summed E-state index contributed by atoms with van der Waals surface area (Å²) in [6.45, 7) is 15.0. The van der Waals surface area contributed by atoms with Crippen molar-refractivity contribution in [3.05, 3.63) is 214 Å². The van der Waals surface area contributed by atoms with Gasteiger partial charge in [0.05, 0.1) is 0 Å². The molecule has 0 saturated heterocycles. The van der Waals surface area contributed by atoms with E-state index in [1.807, 2.05) is 0 Å². The number of hydrogen-bond acceptors (Lipinski definition) is 1. The number of benzene rings is 5. The van der Waals surface area contributed by atoms with Gasteiger partial charge in [-0.2, -0.15) is 0 Å². The zero-order valence-electron chi connectivity index (χ0n) is 32.8. The molecule has 0 radical (unpaired) electrons. The van der Waals surface area contributed by atoms with E-state index in [0.717, 1.165) is 12.8 Å². The maximum atomic E-state index is 2.68. The van der Waals surface area contributed by atoms with Crippen LogP contribution in [0.1, 0.15) is 96.4 Å². The lowest BCUT2D eigenvalue weighted by molar-refractivity contribution is 0.384. The summed E-state index contributed by atoms with van der Waals surface area (Å²) in [6.07, 6.45) is 17.4. The van der Waals surface area contributed by atoms with Gasteiger partial charge in [-0.3, -0.25) is 0 Å². The molecular formula is C53H53N. The van der Waals surface area contributed by atoms with Crippen molar-refractivity contribution in [3.63, 3.8) is 0 Å². The second-order valence-electron chi connectivity index (χ2n) is 17.4. The summed E-state index contributed by atoms with van der Waals surface area (Å²) >= 11 is 0. The van der Waals surface area contributed by atoms with Gasteiger partial charge in [-0.25, -0.2) is 0 Å². The number of para-hydroxylation sites is 2. The fourth-order valence-corrected chi connectivity index (χ4v) is 11.2. The Kier molecular flexibility index (Phi) is 8.53. The fourth-order valence-electron chi connectivity index (χ4n) is 11.2. The highest BCUT2D eigenvalue weighted by molar-refractivity contribution is 5.72. The molecule has 9 rings (SSSR count). The molecule has 5 aromatic carbocycles. The van der Waals surface area contributed by atoms with Gasteiger partial charge in [0.25, 0.3) is 0 Å². The number of nitrogens with zero attached hydrogens (tertiary/aromatic N) is 1. The van der Waals surface area contributed by atoms with Crippen LogP contribution < -0.4 is 4.90 Å². The molecule has 4 aliphatic carbocycles. The first-order valence-corrected chi connectivity index (χ1v) is 20.1. The Hall–Kier alpha value is -5.14.